The second kappa shape index (κ2) is 5.82. The maximum Gasteiger partial charge on any atom is 0.312 e. The fourth-order valence-corrected chi connectivity index (χ4v) is 1.34. The van der Waals surface area contributed by atoms with Gasteiger partial charge in [0.1, 0.15) is 18.2 Å². The molecule has 0 unspecified atom stereocenters. The van der Waals surface area contributed by atoms with E-state index < -0.39 is 11.4 Å². The van der Waals surface area contributed by atoms with Crippen molar-refractivity contribution >= 4 is 5.97 Å². The molecule has 0 spiro atoms. The minimum atomic E-state index is -0.981. The molecule has 0 atom stereocenters. The van der Waals surface area contributed by atoms with Gasteiger partial charge < -0.3 is 15.2 Å². The van der Waals surface area contributed by atoms with E-state index in [9.17, 15) is 9.18 Å². The Balaban J connectivity index is 2.81. The highest BCUT2D eigenvalue weighted by molar-refractivity contribution is 5.73. The zero-order valence-electron chi connectivity index (χ0n) is 10.8. The molecule has 18 heavy (non-hydrogen) atoms. The molecule has 0 aliphatic rings. The van der Waals surface area contributed by atoms with Crippen molar-refractivity contribution in [2.24, 2.45) is 5.41 Å². The zero-order chi connectivity index (χ0) is 13.8. The molecule has 0 aliphatic carbocycles. The molecule has 0 aliphatic heterocycles. The Morgan fingerprint density at radius 2 is 2.17 bits per heavy atom. The van der Waals surface area contributed by atoms with E-state index >= 15 is 0 Å². The van der Waals surface area contributed by atoms with Crippen LogP contribution in [0.4, 0.5) is 4.39 Å². The monoisotopic (exact) mass is 255 g/mol. The fourth-order valence-electron chi connectivity index (χ4n) is 1.34. The first-order chi connectivity index (χ1) is 8.36. The maximum absolute atomic E-state index is 13.1. The molecule has 100 valence electrons. The number of hydrogen-bond donors (Lipinski definition) is 2. The predicted octanol–water partition coefficient (Wildman–Crippen LogP) is 2.03. The molecule has 2 N–H and O–H groups in total. The first-order valence-corrected chi connectivity index (χ1v) is 5.66. The molecule has 0 fully saturated rings. The molecular weight excluding hydrogens is 237 g/mol. The van der Waals surface area contributed by atoms with E-state index in [0.29, 0.717) is 17.9 Å². The Morgan fingerprint density at radius 1 is 1.50 bits per heavy atom. The molecular formula is C13H18FNO3. The molecule has 0 bridgehead atoms. The van der Waals surface area contributed by atoms with Crippen molar-refractivity contribution in [3.05, 3.63) is 29.6 Å². The molecule has 5 heteroatoms. The fraction of sp³-hybridized carbons (Fsp3) is 0.462. The van der Waals surface area contributed by atoms with Crippen LogP contribution in [-0.4, -0.2) is 24.7 Å². The van der Waals surface area contributed by atoms with Crippen molar-refractivity contribution < 1.29 is 19.0 Å². The number of aliphatic carboxylic acids is 1. The van der Waals surface area contributed by atoms with Crippen molar-refractivity contribution in [3.63, 3.8) is 0 Å². The quantitative estimate of drug-likeness (QED) is 0.816. The van der Waals surface area contributed by atoms with Crippen molar-refractivity contribution in [2.45, 2.75) is 20.4 Å². The summed E-state index contributed by atoms with van der Waals surface area (Å²) in [4.78, 5) is 11.0. The minimum absolute atomic E-state index is 0.0324. The van der Waals surface area contributed by atoms with Crippen LogP contribution in [0.3, 0.4) is 0 Å². The molecule has 0 aromatic heterocycles. The van der Waals surface area contributed by atoms with E-state index in [0.717, 1.165) is 0 Å². The number of carboxylic acid groups (broad SMARTS) is 1. The van der Waals surface area contributed by atoms with Gasteiger partial charge in [-0.15, -0.1) is 0 Å². The lowest BCUT2D eigenvalue weighted by Gasteiger charge is -2.20. The summed E-state index contributed by atoms with van der Waals surface area (Å²) in [6, 6.07) is 4.18. The van der Waals surface area contributed by atoms with Gasteiger partial charge in [-0.2, -0.15) is 0 Å². The molecule has 0 amide bonds. The second-order valence-electron chi connectivity index (χ2n) is 4.76. The number of nitrogens with one attached hydrogen (secondary N) is 1. The molecule has 0 heterocycles. The van der Waals surface area contributed by atoms with Crippen LogP contribution in [0, 0.1) is 11.2 Å². The van der Waals surface area contributed by atoms with Crippen molar-refractivity contribution in [1.82, 2.24) is 5.32 Å². The SMILES string of the molecule is CNCc1cc(F)ccc1OCC(C)(C)C(=O)O. The Kier molecular flexibility index (Phi) is 4.67. The summed E-state index contributed by atoms with van der Waals surface area (Å²) in [6.07, 6.45) is 0. The number of carboxylic acids is 1. The molecule has 1 aromatic carbocycles. The van der Waals surface area contributed by atoms with E-state index in [1.165, 1.54) is 18.2 Å². The predicted molar refractivity (Wildman–Crippen MR) is 66.1 cm³/mol. The summed E-state index contributed by atoms with van der Waals surface area (Å²) in [5.74, 6) is -0.773. The topological polar surface area (TPSA) is 58.6 Å². The maximum atomic E-state index is 13.1. The first kappa shape index (κ1) is 14.4. The molecule has 1 aromatic rings. The number of ether oxygens (including phenoxy) is 1. The van der Waals surface area contributed by atoms with Crippen molar-refractivity contribution in [3.8, 4) is 5.75 Å². The minimum Gasteiger partial charge on any atom is -0.492 e. The number of halogens is 1. The summed E-state index contributed by atoms with van der Waals surface area (Å²) >= 11 is 0. The van der Waals surface area contributed by atoms with Crippen molar-refractivity contribution in [1.29, 1.82) is 0 Å². The lowest BCUT2D eigenvalue weighted by molar-refractivity contribution is -0.148. The van der Waals surface area contributed by atoms with Gasteiger partial charge in [0.15, 0.2) is 0 Å². The van der Waals surface area contributed by atoms with Crippen LogP contribution >= 0.6 is 0 Å². The summed E-state index contributed by atoms with van der Waals surface area (Å²) in [5, 5.41) is 11.9. The van der Waals surface area contributed by atoms with Crippen LogP contribution in [0.1, 0.15) is 19.4 Å². The van der Waals surface area contributed by atoms with Gasteiger partial charge in [0.2, 0.25) is 0 Å². The van der Waals surface area contributed by atoms with E-state index in [-0.39, 0.29) is 12.4 Å². The summed E-state index contributed by atoms with van der Waals surface area (Å²) in [5.41, 5.74) is -0.315. The Hall–Kier alpha value is -1.62. The summed E-state index contributed by atoms with van der Waals surface area (Å²) < 4.78 is 18.6. The Bertz CT molecular complexity index is 432. The highest BCUT2D eigenvalue weighted by Crippen LogP contribution is 2.23. The molecule has 4 nitrogen and oxygen atoms in total. The van der Waals surface area contributed by atoms with Crippen LogP contribution in [0.15, 0.2) is 18.2 Å². The number of benzene rings is 1. The van der Waals surface area contributed by atoms with Gasteiger partial charge in [0.05, 0.1) is 5.41 Å². The Morgan fingerprint density at radius 3 is 2.72 bits per heavy atom. The van der Waals surface area contributed by atoms with Gasteiger partial charge >= 0.3 is 5.97 Å². The summed E-state index contributed by atoms with van der Waals surface area (Å²) in [7, 11) is 1.75. The van der Waals surface area contributed by atoms with Crippen LogP contribution in [-0.2, 0) is 11.3 Å². The highest BCUT2D eigenvalue weighted by atomic mass is 19.1. The van der Waals surface area contributed by atoms with Crippen LogP contribution in [0.5, 0.6) is 5.75 Å². The third kappa shape index (κ3) is 3.70. The second-order valence-corrected chi connectivity index (χ2v) is 4.76. The third-order valence-electron chi connectivity index (χ3n) is 2.56. The molecule has 0 saturated heterocycles. The van der Waals surface area contributed by atoms with Crippen molar-refractivity contribution in [2.75, 3.05) is 13.7 Å². The van der Waals surface area contributed by atoms with Gasteiger partial charge in [-0.25, -0.2) is 4.39 Å². The largest absolute Gasteiger partial charge is 0.492 e. The van der Waals surface area contributed by atoms with Crippen LogP contribution < -0.4 is 10.1 Å². The van der Waals surface area contributed by atoms with Gasteiger partial charge in [-0.1, -0.05) is 0 Å². The van der Waals surface area contributed by atoms with E-state index in [2.05, 4.69) is 5.32 Å². The molecule has 0 saturated carbocycles. The standard InChI is InChI=1S/C13H18FNO3/c1-13(2,12(16)17)8-18-11-5-4-10(14)6-9(11)7-15-3/h4-6,15H,7-8H2,1-3H3,(H,16,17). The van der Waals surface area contributed by atoms with Crippen LogP contribution in [0.25, 0.3) is 0 Å². The van der Waals surface area contributed by atoms with E-state index in [4.69, 9.17) is 9.84 Å². The van der Waals surface area contributed by atoms with Gasteiger partial charge in [0, 0.05) is 12.1 Å². The van der Waals surface area contributed by atoms with Gasteiger partial charge in [-0.05, 0) is 39.1 Å². The smallest absolute Gasteiger partial charge is 0.312 e. The third-order valence-corrected chi connectivity index (χ3v) is 2.56. The highest BCUT2D eigenvalue weighted by Gasteiger charge is 2.28. The molecule has 1 rings (SSSR count). The number of hydrogen-bond acceptors (Lipinski definition) is 3. The average Bonchev–Trinajstić information content (AvgIpc) is 2.28. The number of carbonyl (C=O) groups is 1. The normalized spacial score (nSPS) is 11.3. The van der Waals surface area contributed by atoms with E-state index in [1.54, 1.807) is 20.9 Å². The lowest BCUT2D eigenvalue weighted by atomic mass is 9.95. The summed E-state index contributed by atoms with van der Waals surface area (Å²) in [6.45, 7) is 3.65. The Labute approximate surface area is 106 Å². The van der Waals surface area contributed by atoms with E-state index in [1.807, 2.05) is 0 Å². The first-order valence-electron chi connectivity index (χ1n) is 5.66. The van der Waals surface area contributed by atoms with Gasteiger partial charge in [-0.3, -0.25) is 4.79 Å². The zero-order valence-corrected chi connectivity index (χ0v) is 10.8. The van der Waals surface area contributed by atoms with Gasteiger partial charge in [0.25, 0.3) is 0 Å². The lowest BCUT2D eigenvalue weighted by Crippen LogP contribution is -2.31. The average molecular weight is 255 g/mol. The molecule has 0 radical (unpaired) electrons. The van der Waals surface area contributed by atoms with Crippen LogP contribution in [0.2, 0.25) is 0 Å². The number of rotatable bonds is 6.